The smallest absolute Gasteiger partial charge is 0.303 e. The molecule has 1 heterocycles. The average molecular weight is 352 g/mol. The molecule has 1 amide bonds. The highest BCUT2D eigenvalue weighted by molar-refractivity contribution is 5.95. The Hall–Kier alpha value is -2.82. The lowest BCUT2D eigenvalue weighted by molar-refractivity contribution is -0.137. The molecule has 0 saturated heterocycles. The molecule has 2 aromatic rings. The van der Waals surface area contributed by atoms with Gasteiger partial charge in [-0.05, 0) is 43.5 Å². The first-order valence-electron chi connectivity index (χ1n) is 9.00. The Morgan fingerprint density at radius 1 is 1.08 bits per heavy atom. The third kappa shape index (κ3) is 4.04. The molecule has 0 aromatic heterocycles. The Labute approximate surface area is 153 Å². The topological polar surface area (TPSA) is 69.6 Å². The van der Waals surface area contributed by atoms with Gasteiger partial charge < -0.3 is 15.3 Å². The summed E-state index contributed by atoms with van der Waals surface area (Å²) in [5.41, 5.74) is 3.07. The minimum absolute atomic E-state index is 0.00985. The number of hydrogen-bond donors (Lipinski definition) is 2. The van der Waals surface area contributed by atoms with E-state index in [2.05, 4.69) is 11.4 Å². The maximum absolute atomic E-state index is 12.7. The molecule has 1 aliphatic heterocycles. The molecule has 0 saturated carbocycles. The van der Waals surface area contributed by atoms with Crippen LogP contribution in [0.3, 0.4) is 0 Å². The monoisotopic (exact) mass is 352 g/mol. The number of nitrogens with one attached hydrogen (secondary N) is 1. The molecule has 0 radical (unpaired) electrons. The van der Waals surface area contributed by atoms with Gasteiger partial charge in [-0.3, -0.25) is 9.59 Å². The second kappa shape index (κ2) is 8.04. The molecular weight excluding hydrogens is 328 g/mol. The van der Waals surface area contributed by atoms with Crippen LogP contribution in [0.15, 0.2) is 54.6 Å². The standard InChI is InChI=1S/C21H24N2O3/c1-15-14-18(22-16-8-3-2-4-9-16)17-10-5-6-11-19(17)23(15)20(24)12-7-13-21(25)26/h2-6,8-11,15,18,22H,7,12-14H2,1H3,(H,25,26)/t15-,18-/m1/s1. The van der Waals surface area contributed by atoms with Crippen LogP contribution in [0, 0.1) is 0 Å². The van der Waals surface area contributed by atoms with Crippen molar-refractivity contribution in [2.45, 2.75) is 44.7 Å². The van der Waals surface area contributed by atoms with E-state index >= 15 is 0 Å². The minimum Gasteiger partial charge on any atom is -0.481 e. The predicted molar refractivity (Wildman–Crippen MR) is 102 cm³/mol. The van der Waals surface area contributed by atoms with Crippen molar-refractivity contribution in [3.05, 3.63) is 60.2 Å². The van der Waals surface area contributed by atoms with Crippen LogP contribution in [0.4, 0.5) is 11.4 Å². The van der Waals surface area contributed by atoms with Crippen LogP contribution in [-0.4, -0.2) is 23.0 Å². The van der Waals surface area contributed by atoms with E-state index < -0.39 is 5.97 Å². The molecule has 2 N–H and O–H groups in total. The van der Waals surface area contributed by atoms with Gasteiger partial charge in [-0.1, -0.05) is 36.4 Å². The number of carboxylic acid groups (broad SMARTS) is 1. The van der Waals surface area contributed by atoms with Crippen molar-refractivity contribution in [1.29, 1.82) is 0 Å². The van der Waals surface area contributed by atoms with Gasteiger partial charge in [0.2, 0.25) is 5.91 Å². The molecule has 2 atom stereocenters. The molecule has 0 aliphatic carbocycles. The van der Waals surface area contributed by atoms with Crippen LogP contribution in [0.2, 0.25) is 0 Å². The van der Waals surface area contributed by atoms with Crippen molar-refractivity contribution >= 4 is 23.3 Å². The van der Waals surface area contributed by atoms with Crippen molar-refractivity contribution in [3.63, 3.8) is 0 Å². The molecule has 0 fully saturated rings. The zero-order valence-electron chi connectivity index (χ0n) is 14.9. The SMILES string of the molecule is C[C@@H]1C[C@@H](Nc2ccccc2)c2ccccc2N1C(=O)CCCC(=O)O. The number of para-hydroxylation sites is 2. The number of carbonyl (C=O) groups is 2. The number of aliphatic carboxylic acids is 1. The highest BCUT2D eigenvalue weighted by Gasteiger charge is 2.33. The Morgan fingerprint density at radius 2 is 1.77 bits per heavy atom. The second-order valence-electron chi connectivity index (χ2n) is 6.72. The summed E-state index contributed by atoms with van der Waals surface area (Å²) in [6.07, 6.45) is 1.44. The summed E-state index contributed by atoms with van der Waals surface area (Å²) < 4.78 is 0. The van der Waals surface area contributed by atoms with E-state index in [-0.39, 0.29) is 30.8 Å². The summed E-state index contributed by atoms with van der Waals surface area (Å²) in [4.78, 5) is 25.3. The first-order valence-corrected chi connectivity index (χ1v) is 9.00. The molecule has 0 bridgehead atoms. The number of amides is 1. The van der Waals surface area contributed by atoms with Gasteiger partial charge in [-0.25, -0.2) is 0 Å². The number of anilines is 2. The van der Waals surface area contributed by atoms with Crippen molar-refractivity contribution in [2.24, 2.45) is 0 Å². The van der Waals surface area contributed by atoms with Gasteiger partial charge in [0, 0.05) is 30.3 Å². The molecule has 5 heteroatoms. The first kappa shape index (κ1) is 18.0. The van der Waals surface area contributed by atoms with Crippen LogP contribution in [0.1, 0.15) is 44.2 Å². The minimum atomic E-state index is -0.864. The number of hydrogen-bond acceptors (Lipinski definition) is 3. The number of carboxylic acids is 1. The molecule has 26 heavy (non-hydrogen) atoms. The Balaban J connectivity index is 1.81. The van der Waals surface area contributed by atoms with Gasteiger partial charge in [-0.2, -0.15) is 0 Å². The zero-order valence-corrected chi connectivity index (χ0v) is 14.9. The maximum Gasteiger partial charge on any atom is 0.303 e. The molecule has 5 nitrogen and oxygen atoms in total. The van der Waals surface area contributed by atoms with E-state index in [0.29, 0.717) is 6.42 Å². The lowest BCUT2D eigenvalue weighted by Crippen LogP contribution is -2.44. The fraction of sp³-hybridized carbons (Fsp3) is 0.333. The molecule has 3 rings (SSSR count). The van der Waals surface area contributed by atoms with Gasteiger partial charge >= 0.3 is 5.97 Å². The summed E-state index contributed by atoms with van der Waals surface area (Å²) in [6, 6.07) is 18.2. The summed E-state index contributed by atoms with van der Waals surface area (Å²) in [5.74, 6) is -0.874. The summed E-state index contributed by atoms with van der Waals surface area (Å²) >= 11 is 0. The Kier molecular flexibility index (Phi) is 5.56. The van der Waals surface area contributed by atoms with Crippen LogP contribution in [-0.2, 0) is 9.59 Å². The summed E-state index contributed by atoms with van der Waals surface area (Å²) in [5, 5.41) is 12.4. The third-order valence-electron chi connectivity index (χ3n) is 4.75. The Morgan fingerprint density at radius 3 is 2.50 bits per heavy atom. The highest BCUT2D eigenvalue weighted by atomic mass is 16.4. The molecule has 0 spiro atoms. The third-order valence-corrected chi connectivity index (χ3v) is 4.75. The van der Waals surface area contributed by atoms with E-state index in [0.717, 1.165) is 23.4 Å². The molecular formula is C21H24N2O3. The van der Waals surface area contributed by atoms with E-state index in [9.17, 15) is 9.59 Å². The van der Waals surface area contributed by atoms with Crippen molar-refractivity contribution in [2.75, 3.05) is 10.2 Å². The fourth-order valence-electron chi connectivity index (χ4n) is 3.58. The number of fused-ring (bicyclic) bond motifs is 1. The van der Waals surface area contributed by atoms with Gasteiger partial charge in [0.05, 0.1) is 6.04 Å². The first-order chi connectivity index (χ1) is 12.6. The van der Waals surface area contributed by atoms with Crippen LogP contribution < -0.4 is 10.2 Å². The molecule has 0 unspecified atom stereocenters. The average Bonchev–Trinajstić information content (AvgIpc) is 2.62. The maximum atomic E-state index is 12.7. The van der Waals surface area contributed by atoms with Crippen molar-refractivity contribution in [1.82, 2.24) is 0 Å². The van der Waals surface area contributed by atoms with Crippen molar-refractivity contribution in [3.8, 4) is 0 Å². The van der Waals surface area contributed by atoms with Gasteiger partial charge in [0.15, 0.2) is 0 Å². The largest absolute Gasteiger partial charge is 0.481 e. The van der Waals surface area contributed by atoms with Gasteiger partial charge in [0.25, 0.3) is 0 Å². The van der Waals surface area contributed by atoms with E-state index in [4.69, 9.17) is 5.11 Å². The van der Waals surface area contributed by atoms with Crippen LogP contribution in [0.25, 0.3) is 0 Å². The lowest BCUT2D eigenvalue weighted by atomic mass is 9.91. The predicted octanol–water partition coefficient (Wildman–Crippen LogP) is 4.22. The highest BCUT2D eigenvalue weighted by Crippen LogP contribution is 2.39. The van der Waals surface area contributed by atoms with E-state index in [1.54, 1.807) is 0 Å². The number of rotatable bonds is 6. The lowest BCUT2D eigenvalue weighted by Gasteiger charge is -2.40. The molecule has 136 valence electrons. The summed E-state index contributed by atoms with van der Waals surface area (Å²) in [6.45, 7) is 2.05. The number of carbonyl (C=O) groups excluding carboxylic acids is 1. The van der Waals surface area contributed by atoms with Crippen LogP contribution >= 0.6 is 0 Å². The second-order valence-corrected chi connectivity index (χ2v) is 6.72. The van der Waals surface area contributed by atoms with E-state index in [1.807, 2.05) is 60.4 Å². The quantitative estimate of drug-likeness (QED) is 0.817. The fourth-order valence-corrected chi connectivity index (χ4v) is 3.58. The van der Waals surface area contributed by atoms with Crippen molar-refractivity contribution < 1.29 is 14.7 Å². The Bertz CT molecular complexity index is 776. The van der Waals surface area contributed by atoms with Gasteiger partial charge in [0.1, 0.15) is 0 Å². The van der Waals surface area contributed by atoms with E-state index in [1.165, 1.54) is 0 Å². The molecule has 1 aliphatic rings. The number of nitrogens with zero attached hydrogens (tertiary/aromatic N) is 1. The zero-order chi connectivity index (χ0) is 18.5. The summed E-state index contributed by atoms with van der Waals surface area (Å²) in [7, 11) is 0. The normalized spacial score (nSPS) is 18.9. The molecule has 2 aromatic carbocycles. The van der Waals surface area contributed by atoms with Gasteiger partial charge in [-0.15, -0.1) is 0 Å². The van der Waals surface area contributed by atoms with Crippen LogP contribution in [0.5, 0.6) is 0 Å². The number of benzene rings is 2.